The number of benzene rings is 1. The number of hydrogen-bond donors (Lipinski definition) is 2. The summed E-state index contributed by atoms with van der Waals surface area (Å²) in [5.74, 6) is 1.32. The Morgan fingerprint density at radius 1 is 1.40 bits per heavy atom. The topological polar surface area (TPSA) is 62.7 Å². The minimum Gasteiger partial charge on any atom is -0.497 e. The highest BCUT2D eigenvalue weighted by Gasteiger charge is 2.50. The summed E-state index contributed by atoms with van der Waals surface area (Å²) in [6.45, 7) is 3.97. The van der Waals surface area contributed by atoms with Crippen LogP contribution in [0.1, 0.15) is 31.4 Å². The zero-order chi connectivity index (χ0) is 14.3. The number of carbonyl (C=O) groups is 1. The summed E-state index contributed by atoms with van der Waals surface area (Å²) >= 11 is 0. The van der Waals surface area contributed by atoms with Gasteiger partial charge in [0.15, 0.2) is 5.96 Å². The average molecular weight is 273 g/mol. The van der Waals surface area contributed by atoms with E-state index in [0.29, 0.717) is 5.96 Å². The maximum atomic E-state index is 12.5. The first kappa shape index (κ1) is 13.0. The Balaban J connectivity index is 2.02. The lowest BCUT2D eigenvalue weighted by Gasteiger charge is -2.22. The number of fused-ring (bicyclic) bond motifs is 2. The van der Waals surface area contributed by atoms with E-state index < -0.39 is 5.54 Å². The molecule has 1 atom stereocenters. The predicted molar refractivity (Wildman–Crippen MR) is 76.8 cm³/mol. The van der Waals surface area contributed by atoms with Crippen molar-refractivity contribution in [3.8, 4) is 5.75 Å². The maximum absolute atomic E-state index is 12.5. The minimum absolute atomic E-state index is 0.0242. The number of aryl methyl sites for hydroxylation is 1. The zero-order valence-corrected chi connectivity index (χ0v) is 12.0. The third kappa shape index (κ3) is 1.85. The smallest absolute Gasteiger partial charge is 0.257 e. The first-order chi connectivity index (χ1) is 9.55. The number of nitrogens with zero attached hydrogens (tertiary/aromatic N) is 1. The molecule has 1 aromatic rings. The zero-order valence-electron chi connectivity index (χ0n) is 12.0. The van der Waals surface area contributed by atoms with Gasteiger partial charge in [-0.2, -0.15) is 0 Å². The molecular weight excluding hydrogens is 254 g/mol. The molecule has 1 saturated heterocycles. The number of rotatable bonds is 2. The fourth-order valence-electron chi connectivity index (χ4n) is 2.95. The van der Waals surface area contributed by atoms with Gasteiger partial charge in [0.25, 0.3) is 5.91 Å². The van der Waals surface area contributed by atoms with E-state index in [1.54, 1.807) is 7.11 Å². The van der Waals surface area contributed by atoms with Crippen LogP contribution in [-0.2, 0) is 16.8 Å². The lowest BCUT2D eigenvalue weighted by molar-refractivity contribution is -0.124. The first-order valence-electron chi connectivity index (χ1n) is 6.90. The fraction of sp³-hybridized carbons (Fsp3) is 0.467. The lowest BCUT2D eigenvalue weighted by Crippen LogP contribution is -2.41. The number of methoxy groups -OCH3 is 1. The molecule has 0 radical (unpaired) electrons. The Bertz CT molecular complexity index is 595. The van der Waals surface area contributed by atoms with E-state index in [0.717, 1.165) is 24.2 Å². The van der Waals surface area contributed by atoms with Gasteiger partial charge in [-0.3, -0.25) is 15.1 Å². The van der Waals surface area contributed by atoms with Gasteiger partial charge in [-0.25, -0.2) is 0 Å². The SMILES string of the molecule is COc1ccc2c(c1)C1(CC2)NC(=NC(C)C)NC1=O. The van der Waals surface area contributed by atoms with Crippen LogP contribution in [-0.4, -0.2) is 25.0 Å². The number of ether oxygens (including phenoxy) is 1. The second-order valence-electron chi connectivity index (χ2n) is 5.58. The standard InChI is InChI=1S/C15H19N3O2/c1-9(2)16-14-17-13(19)15(18-14)7-6-10-4-5-11(20-3)8-12(10)15/h4-5,8-9H,6-7H2,1-3H3,(H2,16,17,18,19). The van der Waals surface area contributed by atoms with Gasteiger partial charge in [-0.05, 0) is 49.9 Å². The third-order valence-electron chi connectivity index (χ3n) is 3.88. The van der Waals surface area contributed by atoms with Crippen LogP contribution in [0.3, 0.4) is 0 Å². The molecule has 5 nitrogen and oxygen atoms in total. The Hall–Kier alpha value is -2.04. The summed E-state index contributed by atoms with van der Waals surface area (Å²) in [5, 5.41) is 6.14. The summed E-state index contributed by atoms with van der Waals surface area (Å²) in [4.78, 5) is 16.9. The van der Waals surface area contributed by atoms with Crippen molar-refractivity contribution in [1.82, 2.24) is 10.6 Å². The third-order valence-corrected chi connectivity index (χ3v) is 3.88. The van der Waals surface area contributed by atoms with Gasteiger partial charge < -0.3 is 10.1 Å². The molecule has 1 fully saturated rings. The summed E-state index contributed by atoms with van der Waals surface area (Å²) in [6, 6.07) is 6.07. The molecule has 3 rings (SSSR count). The molecule has 1 unspecified atom stereocenters. The van der Waals surface area contributed by atoms with Gasteiger partial charge in [0.2, 0.25) is 0 Å². The lowest BCUT2D eigenvalue weighted by atomic mass is 9.92. The highest BCUT2D eigenvalue weighted by Crippen LogP contribution is 2.40. The van der Waals surface area contributed by atoms with Crippen LogP contribution in [0.15, 0.2) is 23.2 Å². The molecule has 1 aromatic carbocycles. The Morgan fingerprint density at radius 3 is 2.90 bits per heavy atom. The van der Waals surface area contributed by atoms with Gasteiger partial charge in [-0.15, -0.1) is 0 Å². The van der Waals surface area contributed by atoms with Crippen molar-refractivity contribution in [1.29, 1.82) is 0 Å². The number of amides is 1. The molecule has 1 aliphatic carbocycles. The number of hydrogen-bond acceptors (Lipinski definition) is 3. The highest BCUT2D eigenvalue weighted by molar-refractivity contribution is 6.10. The molecule has 106 valence electrons. The largest absolute Gasteiger partial charge is 0.497 e. The molecule has 2 aliphatic rings. The van der Waals surface area contributed by atoms with Crippen molar-refractivity contribution < 1.29 is 9.53 Å². The van der Waals surface area contributed by atoms with Crippen LogP contribution in [0.25, 0.3) is 0 Å². The Labute approximate surface area is 118 Å². The fourth-order valence-corrected chi connectivity index (χ4v) is 2.95. The van der Waals surface area contributed by atoms with E-state index in [1.807, 2.05) is 32.0 Å². The van der Waals surface area contributed by atoms with E-state index in [1.165, 1.54) is 5.56 Å². The van der Waals surface area contributed by atoms with E-state index in [9.17, 15) is 4.79 Å². The summed E-state index contributed by atoms with van der Waals surface area (Å²) in [6.07, 6.45) is 1.63. The van der Waals surface area contributed by atoms with Crippen LogP contribution in [0.4, 0.5) is 0 Å². The maximum Gasteiger partial charge on any atom is 0.257 e. The monoisotopic (exact) mass is 273 g/mol. The quantitative estimate of drug-likeness (QED) is 0.854. The van der Waals surface area contributed by atoms with Crippen LogP contribution < -0.4 is 15.4 Å². The summed E-state index contributed by atoms with van der Waals surface area (Å²) in [5.41, 5.74) is 1.51. The summed E-state index contributed by atoms with van der Waals surface area (Å²) in [7, 11) is 1.64. The van der Waals surface area contributed by atoms with Gasteiger partial charge in [0.05, 0.1) is 7.11 Å². The normalized spacial score (nSPS) is 26.0. The summed E-state index contributed by atoms with van der Waals surface area (Å²) < 4.78 is 5.28. The van der Waals surface area contributed by atoms with Crippen molar-refractivity contribution in [3.05, 3.63) is 29.3 Å². The molecular formula is C15H19N3O2. The molecule has 0 saturated carbocycles. The van der Waals surface area contributed by atoms with Crippen molar-refractivity contribution in [2.24, 2.45) is 4.99 Å². The second-order valence-corrected chi connectivity index (χ2v) is 5.58. The Kier molecular flexibility index (Phi) is 2.92. The van der Waals surface area contributed by atoms with Crippen LogP contribution in [0.5, 0.6) is 5.75 Å². The van der Waals surface area contributed by atoms with Gasteiger partial charge in [-0.1, -0.05) is 6.07 Å². The first-order valence-corrected chi connectivity index (χ1v) is 6.90. The van der Waals surface area contributed by atoms with Crippen molar-refractivity contribution in [2.75, 3.05) is 7.11 Å². The molecule has 2 N–H and O–H groups in total. The van der Waals surface area contributed by atoms with Gasteiger partial charge in [0, 0.05) is 6.04 Å². The Morgan fingerprint density at radius 2 is 2.20 bits per heavy atom. The molecule has 0 aromatic heterocycles. The number of carbonyl (C=O) groups excluding carboxylic acids is 1. The van der Waals surface area contributed by atoms with E-state index >= 15 is 0 Å². The van der Waals surface area contributed by atoms with Crippen LogP contribution in [0, 0.1) is 0 Å². The van der Waals surface area contributed by atoms with E-state index in [2.05, 4.69) is 15.6 Å². The van der Waals surface area contributed by atoms with Crippen molar-refractivity contribution >= 4 is 11.9 Å². The van der Waals surface area contributed by atoms with Crippen molar-refractivity contribution in [2.45, 2.75) is 38.3 Å². The average Bonchev–Trinajstić information content (AvgIpc) is 2.91. The molecule has 1 aliphatic heterocycles. The highest BCUT2D eigenvalue weighted by atomic mass is 16.5. The number of guanidine groups is 1. The van der Waals surface area contributed by atoms with Crippen LogP contribution in [0.2, 0.25) is 0 Å². The van der Waals surface area contributed by atoms with E-state index in [4.69, 9.17) is 4.74 Å². The molecule has 0 bridgehead atoms. The minimum atomic E-state index is -0.683. The molecule has 20 heavy (non-hydrogen) atoms. The molecule has 5 heteroatoms. The molecule has 1 amide bonds. The van der Waals surface area contributed by atoms with Crippen molar-refractivity contribution in [3.63, 3.8) is 0 Å². The van der Waals surface area contributed by atoms with E-state index in [-0.39, 0.29) is 11.9 Å². The second kappa shape index (κ2) is 4.51. The van der Waals surface area contributed by atoms with Gasteiger partial charge >= 0.3 is 0 Å². The number of aliphatic imine (C=N–C) groups is 1. The number of nitrogens with one attached hydrogen (secondary N) is 2. The predicted octanol–water partition coefficient (Wildman–Crippen LogP) is 1.32. The molecule has 1 spiro atoms. The van der Waals surface area contributed by atoms with Gasteiger partial charge in [0.1, 0.15) is 11.3 Å². The van der Waals surface area contributed by atoms with Crippen LogP contribution >= 0.6 is 0 Å². The molecule has 1 heterocycles.